The Morgan fingerprint density at radius 3 is 3.00 bits per heavy atom. The second-order valence-electron chi connectivity index (χ2n) is 4.88. The topological polar surface area (TPSA) is 33.2 Å². The number of hydrogen-bond acceptors (Lipinski definition) is 2. The number of fused-ring (bicyclic) bond motifs is 1. The molecule has 2 aromatic rings. The van der Waals surface area contributed by atoms with E-state index in [0.717, 1.165) is 25.0 Å². The molecule has 19 heavy (non-hydrogen) atoms. The van der Waals surface area contributed by atoms with Crippen molar-refractivity contribution in [3.8, 4) is 0 Å². The minimum absolute atomic E-state index is 0.250. The first kappa shape index (κ1) is 12.6. The van der Waals surface area contributed by atoms with Crippen LogP contribution in [0.5, 0.6) is 0 Å². The molecule has 0 spiro atoms. The number of amides is 1. The second kappa shape index (κ2) is 5.29. The van der Waals surface area contributed by atoms with Crippen LogP contribution in [0.15, 0.2) is 36.5 Å². The van der Waals surface area contributed by atoms with Crippen molar-refractivity contribution in [1.82, 2.24) is 9.88 Å². The highest BCUT2D eigenvalue weighted by molar-refractivity contribution is 9.09. The molecule has 4 heteroatoms. The molecule has 0 radical (unpaired) electrons. The lowest BCUT2D eigenvalue weighted by molar-refractivity contribution is -0.127. The first-order valence-corrected chi connectivity index (χ1v) is 7.40. The van der Waals surface area contributed by atoms with Crippen LogP contribution in [0.2, 0.25) is 0 Å². The van der Waals surface area contributed by atoms with Gasteiger partial charge in [-0.15, -0.1) is 0 Å². The van der Waals surface area contributed by atoms with Gasteiger partial charge in [0.25, 0.3) is 0 Å². The molecule has 1 aromatic heterocycles. The number of carbonyl (C=O) groups excluding carboxylic acids is 1. The van der Waals surface area contributed by atoms with E-state index in [1.54, 1.807) is 0 Å². The third kappa shape index (κ3) is 2.63. The monoisotopic (exact) mass is 318 g/mol. The lowest BCUT2D eigenvalue weighted by Gasteiger charge is -2.16. The van der Waals surface area contributed by atoms with Crippen LogP contribution in [0, 0.1) is 0 Å². The van der Waals surface area contributed by atoms with Crippen molar-refractivity contribution in [3.05, 3.63) is 42.1 Å². The quantitative estimate of drug-likeness (QED) is 0.815. The van der Waals surface area contributed by atoms with Crippen molar-refractivity contribution in [2.45, 2.75) is 17.7 Å². The molecule has 0 saturated carbocycles. The van der Waals surface area contributed by atoms with Crippen LogP contribution >= 0.6 is 15.9 Å². The number of carbonyl (C=O) groups is 1. The van der Waals surface area contributed by atoms with Gasteiger partial charge in [0.05, 0.1) is 5.52 Å². The fraction of sp³-hybridized carbons (Fsp3) is 0.333. The van der Waals surface area contributed by atoms with Crippen molar-refractivity contribution in [1.29, 1.82) is 0 Å². The summed E-state index contributed by atoms with van der Waals surface area (Å²) in [6.07, 6.45) is 3.32. The fourth-order valence-corrected chi connectivity index (χ4v) is 3.21. The molecule has 1 aliphatic rings. The first-order valence-electron chi connectivity index (χ1n) is 6.48. The molecule has 1 saturated heterocycles. The van der Waals surface area contributed by atoms with Gasteiger partial charge in [0.1, 0.15) is 0 Å². The van der Waals surface area contributed by atoms with Crippen molar-refractivity contribution >= 4 is 32.7 Å². The maximum Gasteiger partial charge on any atom is 0.223 e. The van der Waals surface area contributed by atoms with Gasteiger partial charge in [-0.2, -0.15) is 0 Å². The van der Waals surface area contributed by atoms with Crippen LogP contribution in [0.3, 0.4) is 0 Å². The predicted molar refractivity (Wildman–Crippen MR) is 79.4 cm³/mol. The Hall–Kier alpha value is -1.42. The highest BCUT2D eigenvalue weighted by atomic mass is 79.9. The zero-order chi connectivity index (χ0) is 13.2. The number of nitrogens with zero attached hydrogens (tertiary/aromatic N) is 2. The summed E-state index contributed by atoms with van der Waals surface area (Å²) >= 11 is 3.51. The molecule has 0 aliphatic carbocycles. The Bertz CT molecular complexity index is 609. The van der Waals surface area contributed by atoms with Gasteiger partial charge < -0.3 is 4.90 Å². The first-order chi connectivity index (χ1) is 9.24. The number of benzene rings is 1. The van der Waals surface area contributed by atoms with E-state index in [0.29, 0.717) is 11.2 Å². The van der Waals surface area contributed by atoms with Crippen LogP contribution in [-0.4, -0.2) is 33.7 Å². The summed E-state index contributed by atoms with van der Waals surface area (Å²) in [5, 5.41) is 1.19. The van der Waals surface area contributed by atoms with Gasteiger partial charge >= 0.3 is 0 Å². The van der Waals surface area contributed by atoms with Gasteiger partial charge in [-0.05, 0) is 24.1 Å². The Labute approximate surface area is 120 Å². The van der Waals surface area contributed by atoms with E-state index in [1.165, 1.54) is 10.9 Å². The zero-order valence-electron chi connectivity index (χ0n) is 10.6. The lowest BCUT2D eigenvalue weighted by atomic mass is 10.1. The molecule has 0 bridgehead atoms. The highest BCUT2D eigenvalue weighted by Crippen LogP contribution is 2.20. The number of aromatic nitrogens is 1. The summed E-state index contributed by atoms with van der Waals surface area (Å²) in [6.45, 7) is 1.61. The number of hydrogen-bond donors (Lipinski definition) is 0. The van der Waals surface area contributed by atoms with Gasteiger partial charge in [-0.3, -0.25) is 9.78 Å². The number of pyridine rings is 1. The molecule has 2 heterocycles. The van der Waals surface area contributed by atoms with Gasteiger partial charge in [-0.1, -0.05) is 34.1 Å². The largest absolute Gasteiger partial charge is 0.341 e. The Morgan fingerprint density at radius 2 is 2.21 bits per heavy atom. The van der Waals surface area contributed by atoms with Crippen molar-refractivity contribution in [2.75, 3.05) is 13.1 Å². The normalized spacial score (nSPS) is 19.3. The molecule has 98 valence electrons. The van der Waals surface area contributed by atoms with E-state index >= 15 is 0 Å². The molecule has 1 amide bonds. The predicted octanol–water partition coefficient (Wildman–Crippen LogP) is 2.77. The van der Waals surface area contributed by atoms with E-state index in [4.69, 9.17) is 0 Å². The number of halogens is 1. The smallest absolute Gasteiger partial charge is 0.223 e. The molecule has 1 atom stereocenters. The molecule has 1 aromatic carbocycles. The van der Waals surface area contributed by atoms with Crippen LogP contribution in [0.25, 0.3) is 10.9 Å². The second-order valence-corrected chi connectivity index (χ2v) is 6.17. The summed E-state index contributed by atoms with van der Waals surface area (Å²) < 4.78 is 0. The van der Waals surface area contributed by atoms with Crippen molar-refractivity contribution < 1.29 is 4.79 Å². The van der Waals surface area contributed by atoms with E-state index in [1.807, 2.05) is 29.3 Å². The third-order valence-electron chi connectivity index (χ3n) is 3.55. The van der Waals surface area contributed by atoms with E-state index in [2.05, 4.69) is 33.0 Å². The van der Waals surface area contributed by atoms with E-state index in [-0.39, 0.29) is 5.91 Å². The van der Waals surface area contributed by atoms with Crippen molar-refractivity contribution in [2.24, 2.45) is 0 Å². The Kier molecular flexibility index (Phi) is 3.51. The van der Waals surface area contributed by atoms with Gasteiger partial charge in [0.2, 0.25) is 5.91 Å². The minimum atomic E-state index is 0.250. The maximum atomic E-state index is 11.8. The van der Waals surface area contributed by atoms with Gasteiger partial charge in [0.15, 0.2) is 0 Å². The Morgan fingerprint density at radius 1 is 1.32 bits per heavy atom. The van der Waals surface area contributed by atoms with Crippen LogP contribution in [-0.2, 0) is 11.2 Å². The average molecular weight is 319 g/mol. The fourth-order valence-electron chi connectivity index (χ4n) is 2.58. The van der Waals surface area contributed by atoms with Crippen LogP contribution in [0.1, 0.15) is 12.0 Å². The number of alkyl halides is 1. The standard InChI is InChI=1S/C15H15BrN2O/c16-12-9-15(19)18(10-12)8-6-11-3-1-5-14-13(11)4-2-7-17-14/h1-5,7,12H,6,8-10H2. The molecule has 3 rings (SSSR count). The molecule has 1 unspecified atom stereocenters. The molecular formula is C15H15BrN2O. The molecule has 0 N–H and O–H groups in total. The lowest BCUT2D eigenvalue weighted by Crippen LogP contribution is -2.27. The molecule has 1 aliphatic heterocycles. The molecule has 1 fully saturated rings. The number of rotatable bonds is 3. The average Bonchev–Trinajstić information content (AvgIpc) is 2.74. The van der Waals surface area contributed by atoms with Crippen LogP contribution < -0.4 is 0 Å². The van der Waals surface area contributed by atoms with E-state index < -0.39 is 0 Å². The summed E-state index contributed by atoms with van der Waals surface area (Å²) in [7, 11) is 0. The van der Waals surface area contributed by atoms with Gasteiger partial charge in [0, 0.05) is 35.9 Å². The summed E-state index contributed by atoms with van der Waals surface area (Å²) in [6, 6.07) is 10.2. The maximum absolute atomic E-state index is 11.8. The Balaban J connectivity index is 1.77. The van der Waals surface area contributed by atoms with Crippen LogP contribution in [0.4, 0.5) is 0 Å². The highest BCUT2D eigenvalue weighted by Gasteiger charge is 2.27. The zero-order valence-corrected chi connectivity index (χ0v) is 12.1. The summed E-state index contributed by atoms with van der Waals surface area (Å²) in [4.78, 5) is 18.4. The molecular weight excluding hydrogens is 304 g/mol. The van der Waals surface area contributed by atoms with Gasteiger partial charge in [-0.25, -0.2) is 0 Å². The van der Waals surface area contributed by atoms with E-state index in [9.17, 15) is 4.79 Å². The number of likely N-dealkylation sites (tertiary alicyclic amines) is 1. The molecule has 3 nitrogen and oxygen atoms in total. The summed E-state index contributed by atoms with van der Waals surface area (Å²) in [5.74, 6) is 0.250. The van der Waals surface area contributed by atoms with Crippen molar-refractivity contribution in [3.63, 3.8) is 0 Å². The minimum Gasteiger partial charge on any atom is -0.341 e. The third-order valence-corrected chi connectivity index (χ3v) is 4.17. The SMILES string of the molecule is O=C1CC(Br)CN1CCc1cccc2ncccc12. The summed E-state index contributed by atoms with van der Waals surface area (Å²) in [5.41, 5.74) is 2.28.